The standard InChI is InChI=1S/C12H20N2O3S/c1-4-17-12-9-10(5-6-11(12)13)14(2)7-8-18(3,15)16/h5-6,9H,4,7-8,13H2,1-3H3. The van der Waals surface area contributed by atoms with Gasteiger partial charge in [-0.2, -0.15) is 0 Å². The van der Waals surface area contributed by atoms with Crippen LogP contribution in [0.4, 0.5) is 11.4 Å². The third kappa shape index (κ3) is 4.44. The molecule has 0 amide bonds. The summed E-state index contributed by atoms with van der Waals surface area (Å²) in [4.78, 5) is 1.86. The van der Waals surface area contributed by atoms with Crippen LogP contribution in [0.15, 0.2) is 18.2 Å². The molecule has 1 aromatic carbocycles. The number of sulfone groups is 1. The molecule has 0 aromatic heterocycles. The first-order valence-corrected chi connectivity index (χ1v) is 7.80. The van der Waals surface area contributed by atoms with Crippen molar-refractivity contribution in [2.75, 3.05) is 42.8 Å². The summed E-state index contributed by atoms with van der Waals surface area (Å²) in [6, 6.07) is 5.43. The van der Waals surface area contributed by atoms with E-state index in [0.717, 1.165) is 5.69 Å². The predicted molar refractivity (Wildman–Crippen MR) is 75.0 cm³/mol. The molecule has 0 unspecified atom stereocenters. The second-order valence-corrected chi connectivity index (χ2v) is 6.47. The Bertz CT molecular complexity index is 500. The molecule has 0 saturated carbocycles. The number of nitrogen functional groups attached to an aromatic ring is 1. The van der Waals surface area contributed by atoms with Crippen molar-refractivity contribution in [2.24, 2.45) is 0 Å². The van der Waals surface area contributed by atoms with Gasteiger partial charge in [-0.1, -0.05) is 0 Å². The molecule has 0 spiro atoms. The van der Waals surface area contributed by atoms with E-state index in [1.807, 2.05) is 31.0 Å². The Hall–Kier alpha value is -1.43. The fraction of sp³-hybridized carbons (Fsp3) is 0.500. The van der Waals surface area contributed by atoms with Gasteiger partial charge in [-0.3, -0.25) is 0 Å². The smallest absolute Gasteiger partial charge is 0.149 e. The van der Waals surface area contributed by atoms with Crippen LogP contribution in [0.25, 0.3) is 0 Å². The van der Waals surface area contributed by atoms with Crippen LogP contribution >= 0.6 is 0 Å². The first-order valence-electron chi connectivity index (χ1n) is 5.74. The highest BCUT2D eigenvalue weighted by Crippen LogP contribution is 2.27. The lowest BCUT2D eigenvalue weighted by Gasteiger charge is -2.20. The lowest BCUT2D eigenvalue weighted by Crippen LogP contribution is -2.24. The molecule has 5 nitrogen and oxygen atoms in total. The van der Waals surface area contributed by atoms with Crippen LogP contribution in [0, 0.1) is 0 Å². The van der Waals surface area contributed by atoms with Crippen molar-refractivity contribution in [1.82, 2.24) is 0 Å². The maximum absolute atomic E-state index is 11.1. The molecule has 6 heteroatoms. The average Bonchev–Trinajstić information content (AvgIpc) is 2.28. The molecule has 102 valence electrons. The van der Waals surface area contributed by atoms with Gasteiger partial charge >= 0.3 is 0 Å². The van der Waals surface area contributed by atoms with Crippen LogP contribution in [-0.4, -0.2) is 40.6 Å². The largest absolute Gasteiger partial charge is 0.492 e. The number of anilines is 2. The number of rotatable bonds is 6. The van der Waals surface area contributed by atoms with Gasteiger partial charge in [0.25, 0.3) is 0 Å². The topological polar surface area (TPSA) is 72.6 Å². The SMILES string of the molecule is CCOc1cc(N(C)CCS(C)(=O)=O)ccc1N. The summed E-state index contributed by atoms with van der Waals surface area (Å²) in [6.45, 7) is 2.87. The Kier molecular flexibility index (Phi) is 4.84. The van der Waals surface area contributed by atoms with E-state index in [1.54, 1.807) is 6.07 Å². The Labute approximate surface area is 108 Å². The van der Waals surface area contributed by atoms with E-state index >= 15 is 0 Å². The highest BCUT2D eigenvalue weighted by atomic mass is 32.2. The molecule has 0 aliphatic heterocycles. The zero-order valence-corrected chi connectivity index (χ0v) is 11.8. The number of nitrogens with zero attached hydrogens (tertiary/aromatic N) is 1. The summed E-state index contributed by atoms with van der Waals surface area (Å²) >= 11 is 0. The fourth-order valence-corrected chi connectivity index (χ4v) is 2.08. The molecule has 1 aromatic rings. The Balaban J connectivity index is 2.79. The molecule has 0 radical (unpaired) electrons. The van der Waals surface area contributed by atoms with E-state index in [1.165, 1.54) is 6.26 Å². The van der Waals surface area contributed by atoms with Crippen LogP contribution in [0.3, 0.4) is 0 Å². The Morgan fingerprint density at radius 1 is 1.39 bits per heavy atom. The predicted octanol–water partition coefficient (Wildman–Crippen LogP) is 1.15. The quantitative estimate of drug-likeness (QED) is 0.786. The molecule has 0 aliphatic carbocycles. The summed E-state index contributed by atoms with van der Waals surface area (Å²) in [5, 5.41) is 0. The zero-order chi connectivity index (χ0) is 13.8. The Morgan fingerprint density at radius 2 is 2.06 bits per heavy atom. The van der Waals surface area contributed by atoms with Crippen molar-refractivity contribution in [3.05, 3.63) is 18.2 Å². The van der Waals surface area contributed by atoms with E-state index in [4.69, 9.17) is 10.5 Å². The van der Waals surface area contributed by atoms with Crippen LogP contribution in [0.2, 0.25) is 0 Å². The van der Waals surface area contributed by atoms with E-state index in [2.05, 4.69) is 0 Å². The summed E-state index contributed by atoms with van der Waals surface area (Å²) in [6.07, 6.45) is 1.23. The molecule has 0 saturated heterocycles. The van der Waals surface area contributed by atoms with Gasteiger partial charge in [0.05, 0.1) is 18.0 Å². The maximum atomic E-state index is 11.1. The number of ether oxygens (including phenoxy) is 1. The normalized spacial score (nSPS) is 11.3. The maximum Gasteiger partial charge on any atom is 0.149 e. The molecule has 2 N–H and O–H groups in total. The third-order valence-electron chi connectivity index (χ3n) is 2.54. The van der Waals surface area contributed by atoms with Gasteiger partial charge in [-0.15, -0.1) is 0 Å². The lowest BCUT2D eigenvalue weighted by atomic mass is 10.2. The van der Waals surface area contributed by atoms with Crippen LogP contribution in [0.5, 0.6) is 5.75 Å². The van der Waals surface area contributed by atoms with Gasteiger partial charge < -0.3 is 15.4 Å². The van der Waals surface area contributed by atoms with Crippen molar-refractivity contribution in [3.63, 3.8) is 0 Å². The molecular formula is C12H20N2O3S. The summed E-state index contributed by atoms with van der Waals surface area (Å²) in [7, 11) is -1.11. The second kappa shape index (κ2) is 5.95. The van der Waals surface area contributed by atoms with Crippen molar-refractivity contribution >= 4 is 21.2 Å². The minimum Gasteiger partial charge on any atom is -0.492 e. The second-order valence-electron chi connectivity index (χ2n) is 4.21. The van der Waals surface area contributed by atoms with Gasteiger partial charge in [0, 0.05) is 31.6 Å². The van der Waals surface area contributed by atoms with Gasteiger partial charge in [0.2, 0.25) is 0 Å². The highest BCUT2D eigenvalue weighted by Gasteiger charge is 2.08. The number of hydrogen-bond acceptors (Lipinski definition) is 5. The van der Waals surface area contributed by atoms with Crippen molar-refractivity contribution in [1.29, 1.82) is 0 Å². The Morgan fingerprint density at radius 3 is 2.61 bits per heavy atom. The van der Waals surface area contributed by atoms with Gasteiger partial charge in [-0.05, 0) is 19.1 Å². The zero-order valence-electron chi connectivity index (χ0n) is 11.0. The highest BCUT2D eigenvalue weighted by molar-refractivity contribution is 7.90. The molecule has 0 aliphatic rings. The van der Waals surface area contributed by atoms with Crippen molar-refractivity contribution in [2.45, 2.75) is 6.92 Å². The monoisotopic (exact) mass is 272 g/mol. The van der Waals surface area contributed by atoms with E-state index in [-0.39, 0.29) is 5.75 Å². The summed E-state index contributed by atoms with van der Waals surface area (Å²) < 4.78 is 27.6. The average molecular weight is 272 g/mol. The van der Waals surface area contributed by atoms with Crippen molar-refractivity contribution in [3.8, 4) is 5.75 Å². The molecule has 18 heavy (non-hydrogen) atoms. The minimum absolute atomic E-state index is 0.123. The van der Waals surface area contributed by atoms with E-state index in [9.17, 15) is 8.42 Å². The molecule has 0 atom stereocenters. The van der Waals surface area contributed by atoms with Gasteiger partial charge in [0.15, 0.2) is 0 Å². The van der Waals surface area contributed by atoms with Gasteiger partial charge in [-0.25, -0.2) is 8.42 Å². The number of hydrogen-bond donors (Lipinski definition) is 1. The minimum atomic E-state index is -2.95. The van der Waals surface area contributed by atoms with Crippen LogP contribution < -0.4 is 15.4 Å². The van der Waals surface area contributed by atoms with E-state index in [0.29, 0.717) is 24.6 Å². The molecule has 1 rings (SSSR count). The lowest BCUT2D eigenvalue weighted by molar-refractivity contribution is 0.342. The fourth-order valence-electron chi connectivity index (χ4n) is 1.47. The summed E-state index contributed by atoms with van der Waals surface area (Å²) in [5.74, 6) is 0.749. The van der Waals surface area contributed by atoms with Crippen molar-refractivity contribution < 1.29 is 13.2 Å². The molecule has 0 heterocycles. The third-order valence-corrected chi connectivity index (χ3v) is 3.46. The molecule has 0 fully saturated rings. The summed E-state index contributed by atoms with van der Waals surface area (Å²) in [5.41, 5.74) is 7.25. The van der Waals surface area contributed by atoms with Crippen LogP contribution in [-0.2, 0) is 9.84 Å². The first kappa shape index (κ1) is 14.6. The number of nitrogens with two attached hydrogens (primary N) is 1. The van der Waals surface area contributed by atoms with Gasteiger partial charge in [0.1, 0.15) is 15.6 Å². The van der Waals surface area contributed by atoms with Crippen LogP contribution in [0.1, 0.15) is 6.92 Å². The molecule has 0 bridgehead atoms. The molecular weight excluding hydrogens is 252 g/mol. The first-order chi connectivity index (χ1) is 8.33. The van der Waals surface area contributed by atoms with E-state index < -0.39 is 9.84 Å². The number of benzene rings is 1.